The van der Waals surface area contributed by atoms with Crippen LogP contribution in [0.4, 0.5) is 24.8 Å². The molecule has 1 aromatic heterocycles. The average molecular weight is 544 g/mol. The lowest BCUT2D eigenvalue weighted by atomic mass is 10.1. The summed E-state index contributed by atoms with van der Waals surface area (Å²) in [5.74, 6) is 0.675. The van der Waals surface area contributed by atoms with Crippen LogP contribution in [0.25, 0.3) is 11.0 Å². The Bertz CT molecular complexity index is 1140. The van der Waals surface area contributed by atoms with Crippen molar-refractivity contribution in [3.63, 3.8) is 0 Å². The zero-order valence-corrected chi connectivity index (χ0v) is 23.6. The number of aromatic nitrogens is 2. The highest BCUT2D eigenvalue weighted by Gasteiger charge is 2.30. The monoisotopic (exact) mass is 543 g/mol. The van der Waals surface area contributed by atoms with Crippen molar-refractivity contribution in [1.29, 1.82) is 0 Å². The molecule has 1 N–H and O–H groups in total. The SMILES string of the molecule is CCCCN(CCCC)Cc1ccc2nc(Nc3ccc(C(F)(F)F)cc3)n(CCCN3CCCCC3)c2c1. The molecule has 2 aromatic carbocycles. The first kappa shape index (κ1) is 29.4. The van der Waals surface area contributed by atoms with Gasteiger partial charge in [0.05, 0.1) is 16.6 Å². The third kappa shape index (κ3) is 8.45. The highest BCUT2D eigenvalue weighted by molar-refractivity contribution is 5.80. The smallest absolute Gasteiger partial charge is 0.326 e. The summed E-state index contributed by atoms with van der Waals surface area (Å²) < 4.78 is 41.4. The third-order valence-electron chi connectivity index (χ3n) is 7.65. The molecule has 0 radical (unpaired) electrons. The summed E-state index contributed by atoms with van der Waals surface area (Å²) in [6.07, 6.45) is 5.27. The Balaban J connectivity index is 1.57. The number of alkyl halides is 3. The van der Waals surface area contributed by atoms with E-state index in [0.717, 1.165) is 75.4 Å². The molecule has 0 saturated carbocycles. The molecule has 3 aromatic rings. The summed E-state index contributed by atoms with van der Waals surface area (Å²) in [6.45, 7) is 11.8. The second-order valence-corrected chi connectivity index (χ2v) is 10.8. The number of aryl methyl sites for hydroxylation is 1. The molecule has 214 valence electrons. The first-order valence-electron chi connectivity index (χ1n) is 14.8. The van der Waals surface area contributed by atoms with E-state index in [2.05, 4.69) is 51.7 Å². The normalized spacial score (nSPS) is 14.9. The number of anilines is 2. The Labute approximate surface area is 231 Å². The van der Waals surface area contributed by atoms with Crippen LogP contribution in [0.15, 0.2) is 42.5 Å². The molecule has 8 heteroatoms. The molecule has 1 fully saturated rings. The van der Waals surface area contributed by atoms with Crippen molar-refractivity contribution in [3.8, 4) is 0 Å². The van der Waals surface area contributed by atoms with E-state index in [1.807, 2.05) is 0 Å². The molecular formula is C31H44F3N5. The van der Waals surface area contributed by atoms with Crippen molar-refractivity contribution in [1.82, 2.24) is 19.4 Å². The number of nitrogens with one attached hydrogen (secondary N) is 1. The van der Waals surface area contributed by atoms with Gasteiger partial charge < -0.3 is 14.8 Å². The Kier molecular flexibility index (Phi) is 10.7. The summed E-state index contributed by atoms with van der Waals surface area (Å²) in [5.41, 5.74) is 3.20. The fourth-order valence-corrected chi connectivity index (χ4v) is 5.39. The second kappa shape index (κ2) is 14.2. The topological polar surface area (TPSA) is 36.3 Å². The Morgan fingerprint density at radius 1 is 0.872 bits per heavy atom. The van der Waals surface area contributed by atoms with E-state index in [4.69, 9.17) is 4.98 Å². The number of nitrogens with zero attached hydrogens (tertiary/aromatic N) is 4. The molecule has 0 spiro atoms. The first-order chi connectivity index (χ1) is 18.9. The first-order valence-corrected chi connectivity index (χ1v) is 14.8. The predicted octanol–water partition coefficient (Wildman–Crippen LogP) is 8.08. The van der Waals surface area contributed by atoms with Gasteiger partial charge >= 0.3 is 6.18 Å². The van der Waals surface area contributed by atoms with Crippen LogP contribution in [0.5, 0.6) is 0 Å². The van der Waals surface area contributed by atoms with Gasteiger partial charge in [-0.15, -0.1) is 0 Å². The molecule has 0 amide bonds. The van der Waals surface area contributed by atoms with Gasteiger partial charge in [-0.1, -0.05) is 39.2 Å². The van der Waals surface area contributed by atoms with Gasteiger partial charge in [0.2, 0.25) is 5.95 Å². The largest absolute Gasteiger partial charge is 0.416 e. The fraction of sp³-hybridized carbons (Fsp3) is 0.581. The van der Waals surface area contributed by atoms with Gasteiger partial charge in [0.1, 0.15) is 0 Å². The third-order valence-corrected chi connectivity index (χ3v) is 7.65. The molecule has 5 nitrogen and oxygen atoms in total. The van der Waals surface area contributed by atoms with Gasteiger partial charge in [-0.3, -0.25) is 4.90 Å². The molecule has 0 aliphatic carbocycles. The quantitative estimate of drug-likeness (QED) is 0.223. The van der Waals surface area contributed by atoms with Gasteiger partial charge in [-0.25, -0.2) is 4.98 Å². The van der Waals surface area contributed by atoms with Gasteiger partial charge in [-0.2, -0.15) is 13.2 Å². The highest BCUT2D eigenvalue weighted by atomic mass is 19.4. The number of fused-ring (bicyclic) bond motifs is 1. The Morgan fingerprint density at radius 2 is 1.56 bits per heavy atom. The second-order valence-electron chi connectivity index (χ2n) is 10.8. The van der Waals surface area contributed by atoms with Crippen molar-refractivity contribution in [3.05, 3.63) is 53.6 Å². The standard InChI is InChI=1S/C31H44F3N5/c1-3-5-17-38(18-6-4-2)24-25-11-16-28-29(23-25)39(22-10-21-37-19-8-7-9-20-37)30(36-28)35-27-14-12-26(13-15-27)31(32,33)34/h11-16,23H,3-10,17-22,24H2,1-2H3,(H,35,36). The van der Waals surface area contributed by atoms with Gasteiger partial charge in [0.15, 0.2) is 0 Å². The van der Waals surface area contributed by atoms with E-state index in [-0.39, 0.29) is 0 Å². The number of hydrogen-bond acceptors (Lipinski definition) is 4. The number of likely N-dealkylation sites (tertiary alicyclic amines) is 1. The summed E-state index contributed by atoms with van der Waals surface area (Å²) >= 11 is 0. The van der Waals surface area contributed by atoms with E-state index in [1.165, 1.54) is 62.6 Å². The number of rotatable bonds is 14. The summed E-state index contributed by atoms with van der Waals surface area (Å²) in [7, 11) is 0. The van der Waals surface area contributed by atoms with E-state index >= 15 is 0 Å². The lowest BCUT2D eigenvalue weighted by Crippen LogP contribution is -2.31. The van der Waals surface area contributed by atoms with Crippen LogP contribution in [-0.2, 0) is 19.3 Å². The number of piperidine rings is 1. The van der Waals surface area contributed by atoms with Crippen molar-refractivity contribution in [2.75, 3.05) is 38.0 Å². The van der Waals surface area contributed by atoms with Gasteiger partial charge in [0.25, 0.3) is 0 Å². The number of hydrogen-bond donors (Lipinski definition) is 1. The molecule has 0 unspecified atom stereocenters. The molecule has 0 atom stereocenters. The summed E-state index contributed by atoms with van der Waals surface area (Å²) in [5, 5.41) is 3.31. The van der Waals surface area contributed by atoms with Crippen LogP contribution >= 0.6 is 0 Å². The van der Waals surface area contributed by atoms with E-state index < -0.39 is 11.7 Å². The van der Waals surface area contributed by atoms with E-state index in [9.17, 15) is 13.2 Å². The molecule has 2 heterocycles. The number of unbranched alkanes of at least 4 members (excludes halogenated alkanes) is 2. The number of halogens is 3. The van der Waals surface area contributed by atoms with Crippen LogP contribution in [0.1, 0.15) is 76.3 Å². The van der Waals surface area contributed by atoms with Crippen molar-refractivity contribution in [2.24, 2.45) is 0 Å². The zero-order chi connectivity index (χ0) is 27.7. The number of imidazole rings is 1. The average Bonchev–Trinajstić information content (AvgIpc) is 3.26. The molecule has 0 bridgehead atoms. The van der Waals surface area contributed by atoms with Crippen LogP contribution < -0.4 is 5.32 Å². The Hall–Kier alpha value is -2.58. The molecule has 1 aliphatic rings. The van der Waals surface area contributed by atoms with Crippen LogP contribution in [0.2, 0.25) is 0 Å². The molecule has 4 rings (SSSR count). The summed E-state index contributed by atoms with van der Waals surface area (Å²) in [6, 6.07) is 11.7. The predicted molar refractivity (Wildman–Crippen MR) is 154 cm³/mol. The van der Waals surface area contributed by atoms with Crippen LogP contribution in [-0.4, -0.2) is 52.1 Å². The van der Waals surface area contributed by atoms with Crippen molar-refractivity contribution < 1.29 is 13.2 Å². The molecule has 39 heavy (non-hydrogen) atoms. The highest BCUT2D eigenvalue weighted by Crippen LogP contribution is 2.31. The lowest BCUT2D eigenvalue weighted by molar-refractivity contribution is -0.137. The fourth-order valence-electron chi connectivity index (χ4n) is 5.39. The number of benzene rings is 2. The minimum absolute atomic E-state index is 0.598. The molecule has 1 aliphatic heterocycles. The van der Waals surface area contributed by atoms with Crippen molar-refractivity contribution >= 4 is 22.7 Å². The molecule has 1 saturated heterocycles. The van der Waals surface area contributed by atoms with E-state index in [1.54, 1.807) is 0 Å². The Morgan fingerprint density at radius 3 is 2.21 bits per heavy atom. The molecular weight excluding hydrogens is 499 g/mol. The lowest BCUT2D eigenvalue weighted by Gasteiger charge is -2.26. The van der Waals surface area contributed by atoms with Crippen molar-refractivity contribution in [2.45, 2.75) is 84.5 Å². The maximum atomic E-state index is 13.1. The van der Waals surface area contributed by atoms with Crippen LogP contribution in [0, 0.1) is 0 Å². The zero-order valence-electron chi connectivity index (χ0n) is 23.6. The van der Waals surface area contributed by atoms with Crippen LogP contribution in [0.3, 0.4) is 0 Å². The maximum Gasteiger partial charge on any atom is 0.416 e. The summed E-state index contributed by atoms with van der Waals surface area (Å²) in [4.78, 5) is 9.95. The maximum absolute atomic E-state index is 13.1. The minimum Gasteiger partial charge on any atom is -0.326 e. The minimum atomic E-state index is -4.35. The van der Waals surface area contributed by atoms with E-state index in [0.29, 0.717) is 11.6 Å². The van der Waals surface area contributed by atoms with Gasteiger partial charge in [0, 0.05) is 18.8 Å². The van der Waals surface area contributed by atoms with Gasteiger partial charge in [-0.05, 0) is 107 Å².